The number of benzene rings is 1. The second kappa shape index (κ2) is 11.4. The number of halogens is 4. The van der Waals surface area contributed by atoms with Crippen LogP contribution in [0.4, 0.5) is 13.2 Å². The number of alkyl halides is 3. The molecule has 0 amide bonds. The summed E-state index contributed by atoms with van der Waals surface area (Å²) in [4.78, 5) is 4.14. The largest absolute Gasteiger partial charge is 0.511 e. The fourth-order valence-corrected chi connectivity index (χ4v) is 4.11. The van der Waals surface area contributed by atoms with Crippen LogP contribution in [-0.2, 0) is 16.6 Å². The number of guanidine groups is 1. The molecule has 0 radical (unpaired) electrons. The second-order valence-electron chi connectivity index (χ2n) is 6.90. The van der Waals surface area contributed by atoms with Crippen molar-refractivity contribution in [3.63, 3.8) is 0 Å². The fourth-order valence-electron chi connectivity index (χ4n) is 3.12. The van der Waals surface area contributed by atoms with Crippen molar-refractivity contribution in [1.82, 2.24) is 14.9 Å². The third-order valence-corrected chi connectivity index (χ3v) is 6.55. The number of hydrogen-bond acceptors (Lipinski definition) is 4. The Hall–Kier alpha value is -1.28. The van der Waals surface area contributed by atoms with Gasteiger partial charge in [-0.15, -0.1) is 24.0 Å². The molecule has 0 aliphatic carbocycles. The van der Waals surface area contributed by atoms with Crippen LogP contribution in [0.5, 0.6) is 5.75 Å². The average molecular weight is 564 g/mol. The van der Waals surface area contributed by atoms with E-state index in [0.29, 0.717) is 36.2 Å². The van der Waals surface area contributed by atoms with Gasteiger partial charge in [0.1, 0.15) is 5.75 Å². The minimum atomic E-state index is -5.25. The van der Waals surface area contributed by atoms with E-state index in [-0.39, 0.29) is 43.0 Å². The number of aryl methyl sites for hydroxylation is 1. The molecule has 0 spiro atoms. The monoisotopic (exact) mass is 564 g/mol. The summed E-state index contributed by atoms with van der Waals surface area (Å²) >= 11 is 0. The summed E-state index contributed by atoms with van der Waals surface area (Å²) < 4.78 is 66.7. The smallest absolute Gasteiger partial charge is 0.496 e. The summed E-state index contributed by atoms with van der Waals surface area (Å²) in [6.45, 7) is 2.71. The number of hydrogen-bond donors (Lipinski definition) is 2. The fraction of sp³-hybridized carbons (Fsp3) is 0.611. The molecule has 0 atom stereocenters. The van der Waals surface area contributed by atoms with Crippen molar-refractivity contribution in [3.05, 3.63) is 29.3 Å². The van der Waals surface area contributed by atoms with E-state index < -0.39 is 15.5 Å². The van der Waals surface area contributed by atoms with Crippen LogP contribution in [0.25, 0.3) is 0 Å². The van der Waals surface area contributed by atoms with Crippen molar-refractivity contribution >= 4 is 40.0 Å². The number of rotatable bonds is 6. The van der Waals surface area contributed by atoms with Gasteiger partial charge in [0.25, 0.3) is 0 Å². The van der Waals surface area contributed by atoms with Crippen LogP contribution < -0.4 is 15.4 Å². The van der Waals surface area contributed by atoms with Crippen LogP contribution in [0.3, 0.4) is 0 Å². The summed E-state index contributed by atoms with van der Waals surface area (Å²) in [6.07, 6.45) is 0.711. The van der Waals surface area contributed by atoms with Gasteiger partial charge >= 0.3 is 15.5 Å². The molecule has 1 heterocycles. The molecule has 0 saturated carbocycles. The van der Waals surface area contributed by atoms with Crippen molar-refractivity contribution in [3.8, 4) is 5.75 Å². The number of sulfonamides is 1. The molecule has 0 bridgehead atoms. The number of nitrogens with zero attached hydrogens (tertiary/aromatic N) is 2. The number of methoxy groups -OCH3 is 1. The zero-order chi connectivity index (χ0) is 21.7. The normalized spacial score (nSPS) is 16.7. The first-order valence-electron chi connectivity index (χ1n) is 9.23. The Morgan fingerprint density at radius 3 is 2.43 bits per heavy atom. The zero-order valence-electron chi connectivity index (χ0n) is 17.1. The Balaban J connectivity index is 0.00000450. The third kappa shape index (κ3) is 6.87. The molecule has 0 unspecified atom stereocenters. The van der Waals surface area contributed by atoms with Gasteiger partial charge in [0.2, 0.25) is 0 Å². The first kappa shape index (κ1) is 26.8. The Bertz CT molecular complexity index is 826. The maximum absolute atomic E-state index is 12.6. The molecule has 1 fully saturated rings. The summed E-state index contributed by atoms with van der Waals surface area (Å²) in [7, 11) is -2.00. The lowest BCUT2D eigenvalue weighted by Crippen LogP contribution is -2.47. The standard InChI is InChI=1S/C18H27F3N4O3S.HI/c1-13-4-5-15(10-16(13)28-3)12-24-17(22-2)23-11-14-6-8-25(9-7-14)29(26,27)18(19,20)21;/h4-5,10,14H,6-9,11-12H2,1-3H3,(H2,22,23,24);1H. The van der Waals surface area contributed by atoms with Crippen molar-refractivity contribution < 1.29 is 26.3 Å². The molecule has 30 heavy (non-hydrogen) atoms. The molecule has 1 aliphatic heterocycles. The molecule has 1 aliphatic rings. The van der Waals surface area contributed by atoms with Crippen molar-refractivity contribution in [1.29, 1.82) is 0 Å². The zero-order valence-corrected chi connectivity index (χ0v) is 20.3. The van der Waals surface area contributed by atoms with E-state index in [1.54, 1.807) is 14.2 Å². The van der Waals surface area contributed by atoms with E-state index in [1.807, 2.05) is 25.1 Å². The van der Waals surface area contributed by atoms with E-state index in [1.165, 1.54) is 0 Å². The molecule has 172 valence electrons. The lowest BCUT2D eigenvalue weighted by molar-refractivity contribution is -0.0496. The number of nitrogens with one attached hydrogen (secondary N) is 2. The van der Waals surface area contributed by atoms with E-state index in [9.17, 15) is 21.6 Å². The molecule has 1 saturated heterocycles. The minimum absolute atomic E-state index is 0. The van der Waals surface area contributed by atoms with Gasteiger partial charge in [-0.05, 0) is 42.9 Å². The summed E-state index contributed by atoms with van der Waals surface area (Å²) in [6, 6.07) is 5.89. The predicted octanol–water partition coefficient (Wildman–Crippen LogP) is 2.85. The molecule has 1 aromatic carbocycles. The first-order chi connectivity index (χ1) is 13.6. The van der Waals surface area contributed by atoms with E-state index in [2.05, 4.69) is 15.6 Å². The van der Waals surface area contributed by atoms with E-state index >= 15 is 0 Å². The maximum atomic E-state index is 12.6. The molecule has 1 aromatic rings. The predicted molar refractivity (Wildman–Crippen MR) is 121 cm³/mol. The molecule has 7 nitrogen and oxygen atoms in total. The molecular formula is C18H28F3IN4O3S. The Morgan fingerprint density at radius 1 is 1.27 bits per heavy atom. The van der Waals surface area contributed by atoms with Gasteiger partial charge in [0.15, 0.2) is 5.96 Å². The molecule has 2 rings (SSSR count). The van der Waals surface area contributed by atoms with Crippen molar-refractivity contribution in [2.45, 2.75) is 31.8 Å². The highest BCUT2D eigenvalue weighted by molar-refractivity contribution is 14.0. The summed E-state index contributed by atoms with van der Waals surface area (Å²) in [5, 5.41) is 6.33. The average Bonchev–Trinajstić information content (AvgIpc) is 2.68. The highest BCUT2D eigenvalue weighted by Crippen LogP contribution is 2.30. The number of aliphatic imine (C=N–C) groups is 1. The lowest BCUT2D eigenvalue weighted by Gasteiger charge is -2.31. The van der Waals surface area contributed by atoms with Crippen LogP contribution in [-0.4, -0.2) is 58.0 Å². The van der Waals surface area contributed by atoms with Gasteiger partial charge in [-0.3, -0.25) is 4.99 Å². The van der Waals surface area contributed by atoms with Gasteiger partial charge in [-0.25, -0.2) is 8.42 Å². The highest BCUT2D eigenvalue weighted by Gasteiger charge is 2.50. The van der Waals surface area contributed by atoms with Crippen LogP contribution in [0.2, 0.25) is 0 Å². The number of piperidine rings is 1. The molecule has 2 N–H and O–H groups in total. The Labute approximate surface area is 192 Å². The molecule has 12 heteroatoms. The van der Waals surface area contributed by atoms with Gasteiger partial charge < -0.3 is 15.4 Å². The molecule has 0 aromatic heterocycles. The highest BCUT2D eigenvalue weighted by atomic mass is 127. The topological polar surface area (TPSA) is 83.0 Å². The minimum Gasteiger partial charge on any atom is -0.496 e. The lowest BCUT2D eigenvalue weighted by atomic mass is 9.98. The van der Waals surface area contributed by atoms with Gasteiger partial charge in [-0.2, -0.15) is 17.5 Å². The van der Waals surface area contributed by atoms with E-state index in [0.717, 1.165) is 16.9 Å². The van der Waals surface area contributed by atoms with Crippen molar-refractivity contribution in [2.75, 3.05) is 33.8 Å². The Kier molecular flexibility index (Phi) is 10.1. The van der Waals surface area contributed by atoms with Crippen molar-refractivity contribution in [2.24, 2.45) is 10.9 Å². The van der Waals surface area contributed by atoms with Gasteiger partial charge in [0.05, 0.1) is 7.11 Å². The van der Waals surface area contributed by atoms with Crippen LogP contribution in [0.1, 0.15) is 24.0 Å². The van der Waals surface area contributed by atoms with Crippen LogP contribution in [0, 0.1) is 12.8 Å². The van der Waals surface area contributed by atoms with E-state index in [4.69, 9.17) is 4.74 Å². The molecular weight excluding hydrogens is 536 g/mol. The second-order valence-corrected chi connectivity index (χ2v) is 8.83. The first-order valence-corrected chi connectivity index (χ1v) is 10.7. The Morgan fingerprint density at radius 2 is 1.90 bits per heavy atom. The quantitative estimate of drug-likeness (QED) is 0.316. The van der Waals surface area contributed by atoms with Gasteiger partial charge in [-0.1, -0.05) is 12.1 Å². The van der Waals surface area contributed by atoms with Crippen LogP contribution >= 0.6 is 24.0 Å². The van der Waals surface area contributed by atoms with Crippen LogP contribution in [0.15, 0.2) is 23.2 Å². The maximum Gasteiger partial charge on any atom is 0.511 e. The summed E-state index contributed by atoms with van der Waals surface area (Å²) in [5.74, 6) is 1.43. The summed E-state index contributed by atoms with van der Waals surface area (Å²) in [5.41, 5.74) is -3.19. The third-order valence-electron chi connectivity index (χ3n) is 4.92. The number of ether oxygens (including phenoxy) is 1. The van der Waals surface area contributed by atoms with Gasteiger partial charge in [0, 0.05) is 33.2 Å². The SMILES string of the molecule is CN=C(NCc1ccc(C)c(OC)c1)NCC1CCN(S(=O)(=O)C(F)(F)F)CC1.I.